The Kier molecular flexibility index (Phi) is 3.93. The Labute approximate surface area is 100 Å². The van der Waals surface area contributed by atoms with Crippen LogP contribution in [0.15, 0.2) is 18.6 Å². The molecule has 1 aliphatic heterocycles. The van der Waals surface area contributed by atoms with E-state index in [4.69, 9.17) is 4.74 Å². The number of esters is 1. The first kappa shape index (κ1) is 11.9. The van der Waals surface area contributed by atoms with Gasteiger partial charge in [-0.05, 0) is 18.9 Å². The molecule has 0 aliphatic carbocycles. The normalized spacial score (nSPS) is 17.5. The standard InChI is InChI=1S/C12H16N2O3/c1-16-12(15)3-2-10-8-14(9-13-10)11-4-6-17-7-5-11/h2-3,8-9,11H,4-7H2,1H3/b3-2+. The first-order chi connectivity index (χ1) is 8.29. The largest absolute Gasteiger partial charge is 0.466 e. The third kappa shape index (κ3) is 3.17. The van der Waals surface area contributed by atoms with Crippen LogP contribution in [-0.2, 0) is 14.3 Å². The van der Waals surface area contributed by atoms with Crippen LogP contribution in [0.2, 0.25) is 0 Å². The van der Waals surface area contributed by atoms with Crippen LogP contribution in [0.25, 0.3) is 6.08 Å². The minimum atomic E-state index is -0.370. The van der Waals surface area contributed by atoms with Crippen LogP contribution in [0.3, 0.4) is 0 Å². The number of hydrogen-bond donors (Lipinski definition) is 0. The SMILES string of the molecule is COC(=O)/C=C/c1cn(C2CCOCC2)cn1. The fraction of sp³-hybridized carbons (Fsp3) is 0.500. The second-order valence-electron chi connectivity index (χ2n) is 3.95. The van der Waals surface area contributed by atoms with Crippen LogP contribution in [-0.4, -0.2) is 35.8 Å². The molecule has 0 N–H and O–H groups in total. The predicted octanol–water partition coefficient (Wildman–Crippen LogP) is 1.42. The van der Waals surface area contributed by atoms with Crippen molar-refractivity contribution in [3.8, 4) is 0 Å². The molecule has 1 saturated heterocycles. The molecule has 0 bridgehead atoms. The number of hydrogen-bond acceptors (Lipinski definition) is 4. The molecule has 5 heteroatoms. The van der Waals surface area contributed by atoms with Crippen molar-refractivity contribution in [2.24, 2.45) is 0 Å². The molecular weight excluding hydrogens is 220 g/mol. The lowest BCUT2D eigenvalue weighted by Gasteiger charge is -2.22. The van der Waals surface area contributed by atoms with Gasteiger partial charge in [0.05, 0.1) is 19.1 Å². The van der Waals surface area contributed by atoms with Gasteiger partial charge in [-0.3, -0.25) is 0 Å². The molecule has 0 spiro atoms. The highest BCUT2D eigenvalue weighted by molar-refractivity contribution is 5.86. The van der Waals surface area contributed by atoms with Crippen LogP contribution in [0.4, 0.5) is 0 Å². The molecule has 0 unspecified atom stereocenters. The van der Waals surface area contributed by atoms with Gasteiger partial charge in [-0.2, -0.15) is 0 Å². The van der Waals surface area contributed by atoms with Crippen LogP contribution in [0.1, 0.15) is 24.6 Å². The van der Waals surface area contributed by atoms with Crippen molar-refractivity contribution in [3.05, 3.63) is 24.3 Å². The number of carbonyl (C=O) groups is 1. The lowest BCUT2D eigenvalue weighted by Crippen LogP contribution is -2.18. The van der Waals surface area contributed by atoms with Gasteiger partial charge in [-0.15, -0.1) is 0 Å². The van der Waals surface area contributed by atoms with E-state index in [1.54, 1.807) is 12.4 Å². The summed E-state index contributed by atoms with van der Waals surface area (Å²) in [6, 6.07) is 0.455. The van der Waals surface area contributed by atoms with Gasteiger partial charge < -0.3 is 14.0 Å². The highest BCUT2D eigenvalue weighted by atomic mass is 16.5. The van der Waals surface area contributed by atoms with Gasteiger partial charge in [-0.1, -0.05) is 0 Å². The highest BCUT2D eigenvalue weighted by Crippen LogP contribution is 2.20. The van der Waals surface area contributed by atoms with Gasteiger partial charge in [-0.25, -0.2) is 9.78 Å². The van der Waals surface area contributed by atoms with Crippen LogP contribution >= 0.6 is 0 Å². The fourth-order valence-electron chi connectivity index (χ4n) is 1.84. The molecule has 0 aromatic carbocycles. The zero-order valence-electron chi connectivity index (χ0n) is 9.83. The van der Waals surface area contributed by atoms with Crippen LogP contribution < -0.4 is 0 Å². The maximum Gasteiger partial charge on any atom is 0.330 e. The Morgan fingerprint density at radius 3 is 3.06 bits per heavy atom. The van der Waals surface area contributed by atoms with Crippen molar-refractivity contribution >= 4 is 12.0 Å². The Hall–Kier alpha value is -1.62. The molecule has 2 rings (SSSR count). The van der Waals surface area contributed by atoms with Crippen molar-refractivity contribution in [2.45, 2.75) is 18.9 Å². The van der Waals surface area contributed by atoms with Gasteiger partial charge in [0.25, 0.3) is 0 Å². The van der Waals surface area contributed by atoms with Crippen molar-refractivity contribution in [2.75, 3.05) is 20.3 Å². The molecule has 92 valence electrons. The predicted molar refractivity (Wildman–Crippen MR) is 62.4 cm³/mol. The molecule has 1 aromatic heterocycles. The summed E-state index contributed by atoms with van der Waals surface area (Å²) in [5.74, 6) is -0.370. The maximum absolute atomic E-state index is 10.9. The van der Waals surface area contributed by atoms with Gasteiger partial charge in [0.1, 0.15) is 0 Å². The second-order valence-corrected chi connectivity index (χ2v) is 3.95. The first-order valence-electron chi connectivity index (χ1n) is 5.67. The minimum absolute atomic E-state index is 0.370. The molecule has 0 radical (unpaired) electrons. The van der Waals surface area contributed by atoms with Crippen LogP contribution in [0.5, 0.6) is 0 Å². The van der Waals surface area contributed by atoms with E-state index < -0.39 is 0 Å². The Morgan fingerprint density at radius 1 is 1.59 bits per heavy atom. The molecule has 0 amide bonds. The van der Waals surface area contributed by atoms with Gasteiger partial charge >= 0.3 is 5.97 Å². The summed E-state index contributed by atoms with van der Waals surface area (Å²) < 4.78 is 11.9. The van der Waals surface area contributed by atoms with E-state index >= 15 is 0 Å². The molecule has 1 aliphatic rings. The molecule has 2 heterocycles. The minimum Gasteiger partial charge on any atom is -0.466 e. The van der Waals surface area contributed by atoms with Crippen molar-refractivity contribution in [1.29, 1.82) is 0 Å². The second kappa shape index (κ2) is 5.63. The van der Waals surface area contributed by atoms with Gasteiger partial charge in [0, 0.05) is 31.5 Å². The molecule has 17 heavy (non-hydrogen) atoms. The average Bonchev–Trinajstić information content (AvgIpc) is 2.86. The summed E-state index contributed by atoms with van der Waals surface area (Å²) in [6.07, 6.45) is 8.79. The average molecular weight is 236 g/mol. The number of methoxy groups -OCH3 is 1. The molecule has 1 aromatic rings. The van der Waals surface area contributed by atoms with E-state index in [-0.39, 0.29) is 5.97 Å². The summed E-state index contributed by atoms with van der Waals surface area (Å²) in [5, 5.41) is 0. The third-order valence-electron chi connectivity index (χ3n) is 2.83. The zero-order chi connectivity index (χ0) is 12.1. The summed E-state index contributed by atoms with van der Waals surface area (Å²) in [5.41, 5.74) is 0.766. The molecule has 5 nitrogen and oxygen atoms in total. The lowest BCUT2D eigenvalue weighted by molar-refractivity contribution is -0.134. The molecule has 0 saturated carbocycles. The Morgan fingerprint density at radius 2 is 2.35 bits per heavy atom. The van der Waals surface area contributed by atoms with E-state index in [1.807, 2.05) is 6.20 Å². The number of ether oxygens (including phenoxy) is 2. The molecule has 0 atom stereocenters. The van der Waals surface area contributed by atoms with Gasteiger partial charge in [0.2, 0.25) is 0 Å². The van der Waals surface area contributed by atoms with E-state index in [0.717, 1.165) is 31.7 Å². The summed E-state index contributed by atoms with van der Waals surface area (Å²) >= 11 is 0. The first-order valence-corrected chi connectivity index (χ1v) is 5.67. The van der Waals surface area contributed by atoms with Crippen molar-refractivity contribution in [3.63, 3.8) is 0 Å². The zero-order valence-corrected chi connectivity index (χ0v) is 9.83. The number of nitrogens with zero attached hydrogens (tertiary/aromatic N) is 2. The topological polar surface area (TPSA) is 53.4 Å². The third-order valence-corrected chi connectivity index (χ3v) is 2.83. The van der Waals surface area contributed by atoms with Crippen molar-refractivity contribution in [1.82, 2.24) is 9.55 Å². The van der Waals surface area contributed by atoms with E-state index in [0.29, 0.717) is 6.04 Å². The van der Waals surface area contributed by atoms with Gasteiger partial charge in [0.15, 0.2) is 0 Å². The summed E-state index contributed by atoms with van der Waals surface area (Å²) in [4.78, 5) is 15.2. The fourth-order valence-corrected chi connectivity index (χ4v) is 1.84. The van der Waals surface area contributed by atoms with E-state index in [2.05, 4.69) is 14.3 Å². The lowest BCUT2D eigenvalue weighted by atomic mass is 10.1. The number of carbonyl (C=O) groups excluding carboxylic acids is 1. The maximum atomic E-state index is 10.9. The smallest absolute Gasteiger partial charge is 0.330 e. The number of aromatic nitrogens is 2. The van der Waals surface area contributed by atoms with E-state index in [1.165, 1.54) is 13.2 Å². The Balaban J connectivity index is 2.00. The number of imidazole rings is 1. The van der Waals surface area contributed by atoms with Crippen LogP contribution in [0, 0.1) is 0 Å². The molecule has 1 fully saturated rings. The van der Waals surface area contributed by atoms with Crippen molar-refractivity contribution < 1.29 is 14.3 Å². The van der Waals surface area contributed by atoms with E-state index in [9.17, 15) is 4.79 Å². The number of rotatable bonds is 3. The summed E-state index contributed by atoms with van der Waals surface area (Å²) in [6.45, 7) is 1.60. The monoisotopic (exact) mass is 236 g/mol. The summed E-state index contributed by atoms with van der Waals surface area (Å²) in [7, 11) is 1.35. The Bertz CT molecular complexity index is 406. The highest BCUT2D eigenvalue weighted by Gasteiger charge is 2.15. The quantitative estimate of drug-likeness (QED) is 0.588. The molecular formula is C12H16N2O3.